The molecule has 0 unspecified atom stereocenters. The van der Waals surface area contributed by atoms with E-state index in [1.54, 1.807) is 0 Å². The van der Waals surface area contributed by atoms with Crippen LogP contribution in [-0.4, -0.2) is 15.6 Å². The van der Waals surface area contributed by atoms with Crippen molar-refractivity contribution in [3.8, 4) is 0 Å². The molecular weight excluding hydrogens is 179 g/mol. The van der Waals surface area contributed by atoms with Gasteiger partial charge in [-0.05, 0) is 0 Å². The van der Waals surface area contributed by atoms with Gasteiger partial charge in [-0.2, -0.15) is 0 Å². The largest absolute Gasteiger partial charge is 0.395 e. The lowest BCUT2D eigenvalue weighted by Crippen LogP contribution is -1.93. The van der Waals surface area contributed by atoms with Gasteiger partial charge in [-0.25, -0.2) is 0 Å². The zero-order valence-corrected chi connectivity index (χ0v) is 5.27. The Balaban J connectivity index is 2.54. The summed E-state index contributed by atoms with van der Waals surface area (Å²) in [4.78, 5) is 0. The molecule has 0 aromatic carbocycles. The van der Waals surface area contributed by atoms with Crippen molar-refractivity contribution in [2.24, 2.45) is 0 Å². The molecule has 0 aromatic rings. The monoisotopic (exact) mass is 186 g/mol. The molecule has 1 N–H and O–H groups in total. The zero-order valence-electron chi connectivity index (χ0n) is 3.11. The van der Waals surface area contributed by atoms with Crippen LogP contribution in [-0.2, 0) is 0 Å². The Morgan fingerprint density at radius 1 is 2.00 bits per heavy atom. The quantitative estimate of drug-likeness (QED) is 0.474. The van der Waals surface area contributed by atoms with Crippen molar-refractivity contribution in [3.63, 3.8) is 0 Å². The average Bonchev–Trinajstić information content (AvgIpc) is 1.38. The van der Waals surface area contributed by atoms with E-state index in [2.05, 4.69) is 22.6 Å². The summed E-state index contributed by atoms with van der Waals surface area (Å²) < 4.78 is 0.410. The lowest BCUT2D eigenvalue weighted by atomic mass is 10.5. The summed E-state index contributed by atoms with van der Waals surface area (Å²) in [6.07, 6.45) is 0. The van der Waals surface area contributed by atoms with E-state index in [9.17, 15) is 0 Å². The van der Waals surface area contributed by atoms with Crippen LogP contribution in [0.2, 0.25) is 0 Å². The van der Waals surface area contributed by atoms with E-state index >= 15 is 0 Å². The van der Waals surface area contributed by atoms with E-state index in [0.29, 0.717) is 10.5 Å². The van der Waals surface area contributed by atoms with E-state index in [4.69, 9.17) is 5.11 Å². The SMILES string of the molecule is C[C@@H](I)CO. The van der Waals surface area contributed by atoms with Crippen LogP contribution in [0.5, 0.6) is 0 Å². The molecule has 1 atom stereocenters. The summed E-state index contributed by atoms with van der Waals surface area (Å²) in [5.41, 5.74) is 0. The summed E-state index contributed by atoms with van der Waals surface area (Å²) in [7, 11) is 0. The Bertz CT molecular complexity index is 20.9. The smallest absolute Gasteiger partial charge is 0.0546 e. The molecule has 0 radical (unpaired) electrons. The van der Waals surface area contributed by atoms with Gasteiger partial charge in [0, 0.05) is 3.92 Å². The van der Waals surface area contributed by atoms with Crippen molar-refractivity contribution >= 4 is 22.6 Å². The molecule has 0 aliphatic carbocycles. The number of rotatable bonds is 1. The summed E-state index contributed by atoms with van der Waals surface area (Å²) in [5, 5.41) is 8.14. The summed E-state index contributed by atoms with van der Waals surface area (Å²) in [6, 6.07) is 0. The first-order valence-corrected chi connectivity index (χ1v) is 2.77. The second-order valence-corrected chi connectivity index (χ2v) is 3.09. The molecule has 1 nitrogen and oxygen atoms in total. The van der Waals surface area contributed by atoms with Gasteiger partial charge in [0.2, 0.25) is 0 Å². The maximum Gasteiger partial charge on any atom is 0.0546 e. The fourth-order valence-electron chi connectivity index (χ4n) is 0. The minimum absolute atomic E-state index is 0.292. The fraction of sp³-hybridized carbons (Fsp3) is 1.00. The maximum atomic E-state index is 8.14. The third kappa shape index (κ3) is 4.69. The van der Waals surface area contributed by atoms with Crippen LogP contribution in [0, 0.1) is 0 Å². The van der Waals surface area contributed by atoms with Crippen molar-refractivity contribution < 1.29 is 5.11 Å². The second-order valence-electron chi connectivity index (χ2n) is 0.963. The number of halogens is 1. The lowest BCUT2D eigenvalue weighted by Gasteiger charge is -1.87. The van der Waals surface area contributed by atoms with Gasteiger partial charge in [0.15, 0.2) is 0 Å². The normalized spacial score (nSPS) is 15.0. The van der Waals surface area contributed by atoms with E-state index in [1.165, 1.54) is 0 Å². The predicted octanol–water partition coefficient (Wildman–Crippen LogP) is 0.802. The van der Waals surface area contributed by atoms with Crippen molar-refractivity contribution in [1.82, 2.24) is 0 Å². The molecule has 0 heterocycles. The van der Waals surface area contributed by atoms with Crippen molar-refractivity contribution in [1.29, 1.82) is 0 Å². The number of aliphatic hydroxyl groups excluding tert-OH is 1. The van der Waals surface area contributed by atoms with Gasteiger partial charge in [0.25, 0.3) is 0 Å². The van der Waals surface area contributed by atoms with Crippen LogP contribution in [0.1, 0.15) is 6.92 Å². The second kappa shape index (κ2) is 2.90. The molecule has 0 fully saturated rings. The van der Waals surface area contributed by atoms with Gasteiger partial charge in [0.05, 0.1) is 6.61 Å². The zero-order chi connectivity index (χ0) is 4.28. The topological polar surface area (TPSA) is 20.2 Å². The molecule has 0 aliphatic rings. The molecule has 2 heteroatoms. The standard InChI is InChI=1S/C3H7IO/c1-3(4)2-5/h3,5H,2H2,1H3/t3-/m1/s1. The average molecular weight is 186 g/mol. The molecule has 0 aromatic heterocycles. The van der Waals surface area contributed by atoms with Gasteiger partial charge in [0.1, 0.15) is 0 Å². The van der Waals surface area contributed by atoms with Crippen LogP contribution in [0.4, 0.5) is 0 Å². The molecular formula is C3H7IO. The number of aliphatic hydroxyl groups is 1. The number of hydrogen-bond donors (Lipinski definition) is 1. The van der Waals surface area contributed by atoms with E-state index < -0.39 is 0 Å². The van der Waals surface area contributed by atoms with E-state index in [-0.39, 0.29) is 0 Å². The maximum absolute atomic E-state index is 8.14. The molecule has 0 rings (SSSR count). The third-order valence-electron chi connectivity index (χ3n) is 0.252. The predicted molar refractivity (Wildman–Crippen MR) is 30.6 cm³/mol. The first-order chi connectivity index (χ1) is 2.27. The first kappa shape index (κ1) is 5.69. The Labute approximate surface area is 45.5 Å². The minimum atomic E-state index is 0.292. The van der Waals surface area contributed by atoms with Gasteiger partial charge >= 0.3 is 0 Å². The third-order valence-corrected chi connectivity index (χ3v) is 0.645. The molecule has 0 spiro atoms. The molecule has 0 bridgehead atoms. The summed E-state index contributed by atoms with van der Waals surface area (Å²) in [6.45, 7) is 2.25. The molecule has 0 amide bonds. The van der Waals surface area contributed by atoms with Gasteiger partial charge in [-0.1, -0.05) is 29.5 Å². The highest BCUT2D eigenvalue weighted by atomic mass is 127. The highest BCUT2D eigenvalue weighted by Crippen LogP contribution is 1.92. The molecule has 5 heavy (non-hydrogen) atoms. The van der Waals surface area contributed by atoms with E-state index in [1.807, 2.05) is 6.92 Å². The highest BCUT2D eigenvalue weighted by molar-refractivity contribution is 14.1. The molecule has 0 saturated heterocycles. The van der Waals surface area contributed by atoms with Crippen molar-refractivity contribution in [2.75, 3.05) is 6.61 Å². The van der Waals surface area contributed by atoms with Gasteiger partial charge in [-0.15, -0.1) is 0 Å². The fourth-order valence-corrected chi connectivity index (χ4v) is 0. The molecule has 0 saturated carbocycles. The Morgan fingerprint density at radius 2 is 2.20 bits per heavy atom. The Hall–Kier alpha value is 0.690. The van der Waals surface area contributed by atoms with Crippen molar-refractivity contribution in [3.05, 3.63) is 0 Å². The number of alkyl halides is 1. The van der Waals surface area contributed by atoms with Crippen molar-refractivity contribution in [2.45, 2.75) is 10.8 Å². The van der Waals surface area contributed by atoms with Crippen LogP contribution in [0.25, 0.3) is 0 Å². The lowest BCUT2D eigenvalue weighted by molar-refractivity contribution is 0.304. The van der Waals surface area contributed by atoms with Gasteiger partial charge in [-0.3, -0.25) is 0 Å². The summed E-state index contributed by atoms with van der Waals surface area (Å²) >= 11 is 2.16. The van der Waals surface area contributed by atoms with E-state index in [0.717, 1.165) is 0 Å². The summed E-state index contributed by atoms with van der Waals surface area (Å²) in [5.74, 6) is 0. The Kier molecular flexibility index (Phi) is 3.30. The van der Waals surface area contributed by atoms with Gasteiger partial charge < -0.3 is 5.11 Å². The molecule has 0 aliphatic heterocycles. The Morgan fingerprint density at radius 3 is 2.20 bits per heavy atom. The molecule has 32 valence electrons. The van der Waals surface area contributed by atoms with Crippen LogP contribution >= 0.6 is 22.6 Å². The number of hydrogen-bond acceptors (Lipinski definition) is 1. The highest BCUT2D eigenvalue weighted by Gasteiger charge is 1.84. The first-order valence-electron chi connectivity index (χ1n) is 1.52. The van der Waals surface area contributed by atoms with Crippen LogP contribution < -0.4 is 0 Å². The van der Waals surface area contributed by atoms with Crippen LogP contribution in [0.3, 0.4) is 0 Å². The van der Waals surface area contributed by atoms with Crippen LogP contribution in [0.15, 0.2) is 0 Å². The minimum Gasteiger partial charge on any atom is -0.395 e.